The summed E-state index contributed by atoms with van der Waals surface area (Å²) in [5.74, 6) is -0.249. The zero-order valence-corrected chi connectivity index (χ0v) is 11.9. The highest BCUT2D eigenvalue weighted by Gasteiger charge is 2.06. The van der Waals surface area contributed by atoms with E-state index in [0.29, 0.717) is 16.5 Å². The van der Waals surface area contributed by atoms with Gasteiger partial charge in [-0.25, -0.2) is 4.39 Å². The molecule has 0 spiro atoms. The van der Waals surface area contributed by atoms with Crippen molar-refractivity contribution >= 4 is 28.9 Å². The van der Waals surface area contributed by atoms with Gasteiger partial charge in [-0.15, -0.1) is 0 Å². The molecule has 0 aromatic heterocycles. The van der Waals surface area contributed by atoms with E-state index in [-0.39, 0.29) is 24.6 Å². The van der Waals surface area contributed by atoms with Gasteiger partial charge in [-0.3, -0.25) is 4.79 Å². The minimum atomic E-state index is -0.518. The molecule has 2 aromatic carbocycles. The Morgan fingerprint density at radius 1 is 1.29 bits per heavy atom. The lowest BCUT2D eigenvalue weighted by Gasteiger charge is -2.09. The summed E-state index contributed by atoms with van der Waals surface area (Å²) in [6, 6.07) is 11.0. The van der Waals surface area contributed by atoms with Crippen LogP contribution >= 0.6 is 11.6 Å². The molecule has 0 heterocycles. The monoisotopic (exact) mass is 308 g/mol. The van der Waals surface area contributed by atoms with Crippen LogP contribution in [0.5, 0.6) is 5.75 Å². The highest BCUT2D eigenvalue weighted by molar-refractivity contribution is 6.32. The number of hydrogen-bond donors (Lipinski definition) is 2. The molecule has 0 aliphatic heterocycles. The molecular formula is C15H14ClFN2O2. The highest BCUT2D eigenvalue weighted by atomic mass is 35.5. The van der Waals surface area contributed by atoms with Crippen LogP contribution in [0.4, 0.5) is 15.8 Å². The minimum Gasteiger partial charge on any atom is -0.491 e. The van der Waals surface area contributed by atoms with Crippen molar-refractivity contribution in [3.63, 3.8) is 0 Å². The van der Waals surface area contributed by atoms with Crippen molar-refractivity contribution in [1.82, 2.24) is 0 Å². The topological polar surface area (TPSA) is 64.3 Å². The Kier molecular flexibility index (Phi) is 5.00. The number of hydrogen-bond acceptors (Lipinski definition) is 3. The van der Waals surface area contributed by atoms with Crippen molar-refractivity contribution in [2.75, 3.05) is 17.7 Å². The van der Waals surface area contributed by atoms with Crippen LogP contribution in [0.2, 0.25) is 5.02 Å². The molecule has 0 unspecified atom stereocenters. The number of benzene rings is 2. The van der Waals surface area contributed by atoms with E-state index in [1.807, 2.05) is 0 Å². The summed E-state index contributed by atoms with van der Waals surface area (Å²) in [6.07, 6.45) is 0.141. The Hall–Kier alpha value is -2.27. The zero-order chi connectivity index (χ0) is 15.2. The molecule has 110 valence electrons. The molecule has 0 aliphatic rings. The molecule has 0 saturated heterocycles. The molecule has 0 fully saturated rings. The van der Waals surface area contributed by atoms with E-state index in [0.717, 1.165) is 0 Å². The maximum absolute atomic E-state index is 13.0. The normalized spacial score (nSPS) is 10.2. The van der Waals surface area contributed by atoms with Crippen LogP contribution in [0, 0.1) is 5.82 Å². The molecule has 0 radical (unpaired) electrons. The van der Waals surface area contributed by atoms with Gasteiger partial charge >= 0.3 is 0 Å². The number of ether oxygens (including phenoxy) is 1. The molecule has 0 bridgehead atoms. The average Bonchev–Trinajstić information content (AvgIpc) is 2.45. The van der Waals surface area contributed by atoms with Gasteiger partial charge in [0.1, 0.15) is 11.6 Å². The lowest BCUT2D eigenvalue weighted by atomic mass is 10.2. The summed E-state index contributed by atoms with van der Waals surface area (Å²) in [5.41, 5.74) is 5.85. The van der Waals surface area contributed by atoms with Crippen molar-refractivity contribution in [3.8, 4) is 5.75 Å². The van der Waals surface area contributed by atoms with E-state index < -0.39 is 5.82 Å². The quantitative estimate of drug-likeness (QED) is 0.831. The molecule has 2 aromatic rings. The number of anilines is 2. The zero-order valence-electron chi connectivity index (χ0n) is 11.1. The first-order chi connectivity index (χ1) is 10.1. The Bertz CT molecular complexity index is 649. The van der Waals surface area contributed by atoms with Crippen LogP contribution in [0.25, 0.3) is 0 Å². The summed E-state index contributed by atoms with van der Waals surface area (Å²) >= 11 is 5.93. The summed E-state index contributed by atoms with van der Waals surface area (Å²) < 4.78 is 18.4. The number of carbonyl (C=O) groups is 1. The SMILES string of the molecule is Nc1cc(NC(=O)CCOc2ccccc2Cl)ccc1F. The molecule has 2 rings (SSSR count). The van der Waals surface area contributed by atoms with Gasteiger partial charge in [0.25, 0.3) is 0 Å². The van der Waals surface area contributed by atoms with Gasteiger partial charge < -0.3 is 15.8 Å². The Labute approximate surface area is 126 Å². The maximum atomic E-state index is 13.0. The van der Waals surface area contributed by atoms with E-state index in [1.165, 1.54) is 18.2 Å². The van der Waals surface area contributed by atoms with Gasteiger partial charge in [-0.05, 0) is 30.3 Å². The van der Waals surface area contributed by atoms with E-state index in [9.17, 15) is 9.18 Å². The second-order valence-electron chi connectivity index (χ2n) is 4.31. The number of carbonyl (C=O) groups excluding carboxylic acids is 1. The number of nitrogen functional groups attached to an aromatic ring is 1. The van der Waals surface area contributed by atoms with Crippen molar-refractivity contribution in [2.45, 2.75) is 6.42 Å². The predicted octanol–water partition coefficient (Wildman–Crippen LogP) is 3.47. The second-order valence-corrected chi connectivity index (χ2v) is 4.72. The van der Waals surface area contributed by atoms with Gasteiger partial charge in [-0.1, -0.05) is 23.7 Å². The number of rotatable bonds is 5. The molecule has 0 saturated carbocycles. The van der Waals surface area contributed by atoms with Crippen LogP contribution < -0.4 is 15.8 Å². The summed E-state index contributed by atoms with van der Waals surface area (Å²) in [6.45, 7) is 0.187. The molecule has 3 N–H and O–H groups in total. The third-order valence-electron chi connectivity index (χ3n) is 2.70. The van der Waals surface area contributed by atoms with Gasteiger partial charge in [0, 0.05) is 5.69 Å². The van der Waals surface area contributed by atoms with E-state index in [4.69, 9.17) is 22.1 Å². The maximum Gasteiger partial charge on any atom is 0.227 e. The first-order valence-electron chi connectivity index (χ1n) is 6.28. The number of amides is 1. The lowest BCUT2D eigenvalue weighted by Crippen LogP contribution is -2.15. The fourth-order valence-corrected chi connectivity index (χ4v) is 1.85. The van der Waals surface area contributed by atoms with Gasteiger partial charge in [0.15, 0.2) is 0 Å². The first kappa shape index (κ1) is 15.1. The molecule has 1 amide bonds. The average molecular weight is 309 g/mol. The van der Waals surface area contributed by atoms with Crippen molar-refractivity contribution in [1.29, 1.82) is 0 Å². The van der Waals surface area contributed by atoms with E-state index in [1.54, 1.807) is 24.3 Å². The van der Waals surface area contributed by atoms with Crippen LogP contribution in [-0.4, -0.2) is 12.5 Å². The molecule has 21 heavy (non-hydrogen) atoms. The van der Waals surface area contributed by atoms with Crippen molar-refractivity contribution in [2.24, 2.45) is 0 Å². The van der Waals surface area contributed by atoms with Crippen LogP contribution in [0.3, 0.4) is 0 Å². The van der Waals surface area contributed by atoms with Crippen LogP contribution in [0.1, 0.15) is 6.42 Å². The Morgan fingerprint density at radius 2 is 2.05 bits per heavy atom. The smallest absolute Gasteiger partial charge is 0.227 e. The minimum absolute atomic E-state index is 0.0138. The summed E-state index contributed by atoms with van der Waals surface area (Å²) in [7, 11) is 0. The number of halogens is 2. The second kappa shape index (κ2) is 6.95. The van der Waals surface area contributed by atoms with Crippen molar-refractivity contribution in [3.05, 3.63) is 53.3 Å². The standard InChI is InChI=1S/C15H14ClFN2O2/c16-11-3-1-2-4-14(11)21-8-7-15(20)19-10-5-6-12(17)13(18)9-10/h1-6,9H,7-8,18H2,(H,19,20). The van der Waals surface area contributed by atoms with Crippen LogP contribution in [-0.2, 0) is 4.79 Å². The molecule has 6 heteroatoms. The van der Waals surface area contributed by atoms with E-state index >= 15 is 0 Å². The number of nitrogens with one attached hydrogen (secondary N) is 1. The highest BCUT2D eigenvalue weighted by Crippen LogP contribution is 2.23. The summed E-state index contributed by atoms with van der Waals surface area (Å²) in [4.78, 5) is 11.7. The van der Waals surface area contributed by atoms with Crippen molar-refractivity contribution < 1.29 is 13.9 Å². The fraction of sp³-hybridized carbons (Fsp3) is 0.133. The van der Waals surface area contributed by atoms with Gasteiger partial charge in [-0.2, -0.15) is 0 Å². The third kappa shape index (κ3) is 4.36. The van der Waals surface area contributed by atoms with Crippen LogP contribution in [0.15, 0.2) is 42.5 Å². The Morgan fingerprint density at radius 3 is 2.76 bits per heavy atom. The van der Waals surface area contributed by atoms with E-state index in [2.05, 4.69) is 5.32 Å². The number of para-hydroxylation sites is 1. The predicted molar refractivity (Wildman–Crippen MR) is 81.0 cm³/mol. The van der Waals surface area contributed by atoms with Gasteiger partial charge in [0.05, 0.1) is 23.7 Å². The number of nitrogens with two attached hydrogens (primary N) is 1. The molecule has 0 aliphatic carbocycles. The van der Waals surface area contributed by atoms with Gasteiger partial charge in [0.2, 0.25) is 5.91 Å². The Balaban J connectivity index is 1.82. The molecule has 0 atom stereocenters. The largest absolute Gasteiger partial charge is 0.491 e. The summed E-state index contributed by atoms with van der Waals surface area (Å²) in [5, 5.41) is 3.10. The molecular weight excluding hydrogens is 295 g/mol. The first-order valence-corrected chi connectivity index (χ1v) is 6.66. The lowest BCUT2D eigenvalue weighted by molar-refractivity contribution is -0.116. The fourth-order valence-electron chi connectivity index (χ4n) is 1.66. The third-order valence-corrected chi connectivity index (χ3v) is 3.02. The molecule has 4 nitrogen and oxygen atoms in total.